The van der Waals surface area contributed by atoms with Crippen molar-refractivity contribution in [1.82, 2.24) is 0 Å². The number of rotatable bonds is 17. The van der Waals surface area contributed by atoms with Crippen LogP contribution in [0, 0.1) is 23.7 Å². The first-order valence-electron chi connectivity index (χ1n) is 11.5. The fraction of sp³-hybridized carbons (Fsp3) is 0.917. The minimum Gasteiger partial charge on any atom is -0.469 e. The molecule has 0 aliphatic carbocycles. The van der Waals surface area contributed by atoms with E-state index >= 15 is 0 Å². The van der Waals surface area contributed by atoms with Crippen LogP contribution in [0.1, 0.15) is 105 Å². The van der Waals surface area contributed by atoms with E-state index in [1.165, 1.54) is 65.6 Å². The molecule has 0 saturated heterocycles. The quantitative estimate of drug-likeness (QED) is 0.206. The smallest absolute Gasteiger partial charge is 0.309 e. The molecule has 0 aliphatic heterocycles. The first-order chi connectivity index (χ1) is 13.3. The van der Waals surface area contributed by atoms with Gasteiger partial charge in [0.15, 0.2) is 0 Å². The summed E-state index contributed by atoms with van der Waals surface area (Å²) < 4.78 is 9.72. The maximum atomic E-state index is 12.2. The third kappa shape index (κ3) is 12.4. The Morgan fingerprint density at radius 1 is 0.643 bits per heavy atom. The second-order valence-corrected chi connectivity index (χ2v) is 8.85. The van der Waals surface area contributed by atoms with Gasteiger partial charge in [0, 0.05) is 6.42 Å². The van der Waals surface area contributed by atoms with Gasteiger partial charge < -0.3 is 9.47 Å². The normalized spacial score (nSPS) is 13.6. The molecule has 0 radical (unpaired) electrons. The van der Waals surface area contributed by atoms with Crippen LogP contribution >= 0.6 is 0 Å². The van der Waals surface area contributed by atoms with E-state index in [9.17, 15) is 9.59 Å². The molecular weight excluding hydrogens is 352 g/mol. The number of hydrogen-bond donors (Lipinski definition) is 0. The molecule has 0 heterocycles. The lowest BCUT2D eigenvalue weighted by Gasteiger charge is -2.31. The average molecular weight is 399 g/mol. The van der Waals surface area contributed by atoms with Crippen molar-refractivity contribution in [2.45, 2.75) is 105 Å². The molecule has 2 unspecified atom stereocenters. The highest BCUT2D eigenvalue weighted by Gasteiger charge is 2.33. The summed E-state index contributed by atoms with van der Waals surface area (Å²) >= 11 is 0. The Morgan fingerprint density at radius 3 is 1.50 bits per heavy atom. The standard InChI is InChI=1S/C24H46O4/c1-19(2)21(23(20(3)4)24(26)28-6)17-15-13-11-9-7-8-10-12-14-16-18-22(25)27-5/h19-21,23H,7-18H2,1-6H3. The molecule has 0 rings (SSSR count). The zero-order valence-electron chi connectivity index (χ0n) is 19.4. The number of methoxy groups -OCH3 is 2. The van der Waals surface area contributed by atoms with Crippen molar-refractivity contribution in [3.05, 3.63) is 0 Å². The summed E-state index contributed by atoms with van der Waals surface area (Å²) in [6, 6.07) is 0. The number of carbonyl (C=O) groups excluding carboxylic acids is 2. The van der Waals surface area contributed by atoms with E-state index in [1.54, 1.807) is 0 Å². The maximum Gasteiger partial charge on any atom is 0.309 e. The Kier molecular flexibility index (Phi) is 16.2. The third-order valence-electron chi connectivity index (χ3n) is 5.91. The van der Waals surface area contributed by atoms with Gasteiger partial charge in [0.1, 0.15) is 0 Å². The van der Waals surface area contributed by atoms with Gasteiger partial charge in [-0.3, -0.25) is 9.59 Å². The van der Waals surface area contributed by atoms with Crippen molar-refractivity contribution < 1.29 is 19.1 Å². The second kappa shape index (κ2) is 16.9. The lowest BCUT2D eigenvalue weighted by Crippen LogP contribution is -2.32. The molecule has 166 valence electrons. The van der Waals surface area contributed by atoms with Crippen molar-refractivity contribution in [3.63, 3.8) is 0 Å². The predicted molar refractivity (Wildman–Crippen MR) is 116 cm³/mol. The minimum atomic E-state index is -0.0917. The highest BCUT2D eigenvalue weighted by molar-refractivity contribution is 5.73. The first-order valence-corrected chi connectivity index (χ1v) is 11.5. The Labute approximate surface area is 174 Å². The van der Waals surface area contributed by atoms with Crippen LogP contribution < -0.4 is 0 Å². The first kappa shape index (κ1) is 26.9. The van der Waals surface area contributed by atoms with Crippen LogP contribution in [0.2, 0.25) is 0 Å². The molecule has 0 aromatic carbocycles. The third-order valence-corrected chi connectivity index (χ3v) is 5.91. The van der Waals surface area contributed by atoms with Crippen LogP contribution in [0.3, 0.4) is 0 Å². The van der Waals surface area contributed by atoms with Crippen LogP contribution in [0.25, 0.3) is 0 Å². The molecule has 0 aliphatic rings. The van der Waals surface area contributed by atoms with Gasteiger partial charge in [-0.2, -0.15) is 0 Å². The van der Waals surface area contributed by atoms with Crippen LogP contribution in [0.5, 0.6) is 0 Å². The van der Waals surface area contributed by atoms with Gasteiger partial charge >= 0.3 is 11.9 Å². The van der Waals surface area contributed by atoms with E-state index in [-0.39, 0.29) is 17.9 Å². The van der Waals surface area contributed by atoms with E-state index in [0.717, 1.165) is 19.3 Å². The molecule has 0 saturated carbocycles. The summed E-state index contributed by atoms with van der Waals surface area (Å²) in [6.45, 7) is 8.72. The lowest BCUT2D eigenvalue weighted by molar-refractivity contribution is -0.150. The fourth-order valence-electron chi connectivity index (χ4n) is 4.17. The lowest BCUT2D eigenvalue weighted by atomic mass is 9.74. The van der Waals surface area contributed by atoms with Crippen molar-refractivity contribution in [2.24, 2.45) is 23.7 Å². The van der Waals surface area contributed by atoms with Gasteiger partial charge in [0.25, 0.3) is 0 Å². The zero-order valence-corrected chi connectivity index (χ0v) is 19.4. The van der Waals surface area contributed by atoms with Crippen molar-refractivity contribution in [1.29, 1.82) is 0 Å². The highest BCUT2D eigenvalue weighted by atomic mass is 16.5. The van der Waals surface area contributed by atoms with Gasteiger partial charge in [0.2, 0.25) is 0 Å². The van der Waals surface area contributed by atoms with Crippen molar-refractivity contribution in [2.75, 3.05) is 14.2 Å². The Hall–Kier alpha value is -1.06. The predicted octanol–water partition coefficient (Wildman–Crippen LogP) is 6.56. The SMILES string of the molecule is COC(=O)CCCCCCCCCCCCC(C(C)C)C(C(=O)OC)C(C)C. The maximum absolute atomic E-state index is 12.2. The van der Waals surface area contributed by atoms with E-state index in [2.05, 4.69) is 32.4 Å². The monoisotopic (exact) mass is 398 g/mol. The topological polar surface area (TPSA) is 52.6 Å². The van der Waals surface area contributed by atoms with Crippen LogP contribution in [0.4, 0.5) is 0 Å². The van der Waals surface area contributed by atoms with E-state index in [0.29, 0.717) is 24.2 Å². The Bertz CT molecular complexity index is 403. The molecular formula is C24H46O4. The molecule has 0 N–H and O–H groups in total. The summed E-state index contributed by atoms with van der Waals surface area (Å²) in [6.07, 6.45) is 13.9. The fourth-order valence-corrected chi connectivity index (χ4v) is 4.17. The van der Waals surface area contributed by atoms with Gasteiger partial charge in [-0.05, 0) is 30.6 Å². The molecule has 0 spiro atoms. The molecule has 0 fully saturated rings. The van der Waals surface area contributed by atoms with Gasteiger partial charge in [-0.25, -0.2) is 0 Å². The Balaban J connectivity index is 3.81. The zero-order chi connectivity index (χ0) is 21.4. The second-order valence-electron chi connectivity index (χ2n) is 8.85. The molecule has 0 aromatic rings. The summed E-state index contributed by atoms with van der Waals surface area (Å²) in [5.74, 6) is 1.13. The number of carbonyl (C=O) groups is 2. The van der Waals surface area contributed by atoms with E-state index in [1.807, 2.05) is 0 Å². The number of ether oxygens (including phenoxy) is 2. The minimum absolute atomic E-state index is 0.0178. The molecule has 0 bridgehead atoms. The van der Waals surface area contributed by atoms with Crippen LogP contribution in [-0.2, 0) is 19.1 Å². The van der Waals surface area contributed by atoms with Crippen LogP contribution in [0.15, 0.2) is 0 Å². The number of unbranched alkanes of at least 4 members (excludes halogenated alkanes) is 9. The summed E-state index contributed by atoms with van der Waals surface area (Å²) in [4.78, 5) is 23.2. The molecule has 4 nitrogen and oxygen atoms in total. The number of esters is 2. The molecule has 28 heavy (non-hydrogen) atoms. The van der Waals surface area contributed by atoms with E-state index < -0.39 is 0 Å². The summed E-state index contributed by atoms with van der Waals surface area (Å²) in [5, 5.41) is 0. The van der Waals surface area contributed by atoms with Gasteiger partial charge in [-0.15, -0.1) is 0 Å². The van der Waals surface area contributed by atoms with Crippen molar-refractivity contribution >= 4 is 11.9 Å². The molecule has 0 aromatic heterocycles. The van der Waals surface area contributed by atoms with Crippen molar-refractivity contribution in [3.8, 4) is 0 Å². The molecule has 2 atom stereocenters. The molecule has 4 heteroatoms. The summed E-state index contributed by atoms with van der Waals surface area (Å²) in [5.41, 5.74) is 0. The molecule has 0 amide bonds. The van der Waals surface area contributed by atoms with E-state index in [4.69, 9.17) is 4.74 Å². The van der Waals surface area contributed by atoms with Gasteiger partial charge in [-0.1, -0.05) is 85.5 Å². The number of hydrogen-bond acceptors (Lipinski definition) is 4. The average Bonchev–Trinajstić information content (AvgIpc) is 2.66. The Morgan fingerprint density at radius 2 is 1.11 bits per heavy atom. The van der Waals surface area contributed by atoms with Gasteiger partial charge in [0.05, 0.1) is 20.1 Å². The highest BCUT2D eigenvalue weighted by Crippen LogP contribution is 2.33. The largest absolute Gasteiger partial charge is 0.469 e. The summed E-state index contributed by atoms with van der Waals surface area (Å²) in [7, 11) is 2.96. The van der Waals surface area contributed by atoms with Crippen LogP contribution in [-0.4, -0.2) is 26.2 Å².